The second-order valence-corrected chi connectivity index (χ2v) is 11.7. The molecule has 3 aromatic rings. The zero-order valence-electron chi connectivity index (χ0n) is 17.1. The lowest BCUT2D eigenvalue weighted by Crippen LogP contribution is -2.23. The Bertz CT molecular complexity index is 1240. The summed E-state index contributed by atoms with van der Waals surface area (Å²) in [5.41, 5.74) is 1.96. The molecule has 1 N–H and O–H groups in total. The molecule has 0 aliphatic rings. The van der Waals surface area contributed by atoms with E-state index in [0.717, 1.165) is 11.8 Å². The fourth-order valence-electron chi connectivity index (χ4n) is 2.67. The summed E-state index contributed by atoms with van der Waals surface area (Å²) in [6.45, 7) is 6.17. The molecule has 0 aliphatic carbocycles. The minimum absolute atomic E-state index is 0.0265. The standard InChI is InChI=1S/C20H23N3O5S2/c1-20(2,3)15-7-5-14(6-8-15)19-22-18(28-23-19)13-21-30(26,27)17-11-9-16(10-12-17)29(4,24)25/h5-12,21H,13H2,1-4H3. The second-order valence-electron chi connectivity index (χ2n) is 7.91. The number of nitrogens with zero attached hydrogens (tertiary/aromatic N) is 2. The van der Waals surface area contributed by atoms with Crippen molar-refractivity contribution in [3.05, 3.63) is 60.0 Å². The Morgan fingerprint density at radius 1 is 0.900 bits per heavy atom. The first-order valence-corrected chi connectivity index (χ1v) is 12.5. The largest absolute Gasteiger partial charge is 0.338 e. The number of hydrogen-bond donors (Lipinski definition) is 1. The lowest BCUT2D eigenvalue weighted by Gasteiger charge is -2.18. The topological polar surface area (TPSA) is 119 Å². The van der Waals surface area contributed by atoms with Crippen molar-refractivity contribution in [1.82, 2.24) is 14.9 Å². The average Bonchev–Trinajstić information content (AvgIpc) is 3.14. The van der Waals surface area contributed by atoms with E-state index in [-0.39, 0.29) is 27.6 Å². The zero-order chi connectivity index (χ0) is 22.2. The predicted octanol–water partition coefficient (Wildman–Crippen LogP) is 2.92. The average molecular weight is 450 g/mol. The van der Waals surface area contributed by atoms with Crippen molar-refractivity contribution in [1.29, 1.82) is 0 Å². The van der Waals surface area contributed by atoms with E-state index in [1.165, 1.54) is 29.8 Å². The summed E-state index contributed by atoms with van der Waals surface area (Å²) in [7, 11) is -7.27. The van der Waals surface area contributed by atoms with Gasteiger partial charge in [0.1, 0.15) is 0 Å². The molecule has 0 radical (unpaired) electrons. The molecular weight excluding hydrogens is 426 g/mol. The molecule has 0 spiro atoms. The van der Waals surface area contributed by atoms with Crippen molar-refractivity contribution in [2.45, 2.75) is 42.5 Å². The Morgan fingerprint density at radius 2 is 1.47 bits per heavy atom. The first-order valence-electron chi connectivity index (χ1n) is 9.09. The molecule has 0 amide bonds. The third kappa shape index (κ3) is 5.13. The molecule has 0 saturated carbocycles. The third-order valence-corrected chi connectivity index (χ3v) is 7.00. The highest BCUT2D eigenvalue weighted by Gasteiger charge is 2.18. The van der Waals surface area contributed by atoms with Crippen LogP contribution in [-0.2, 0) is 31.8 Å². The molecule has 0 saturated heterocycles. The summed E-state index contributed by atoms with van der Waals surface area (Å²) >= 11 is 0. The van der Waals surface area contributed by atoms with Crippen LogP contribution in [0.4, 0.5) is 0 Å². The molecule has 30 heavy (non-hydrogen) atoms. The van der Waals surface area contributed by atoms with Crippen LogP contribution >= 0.6 is 0 Å². The van der Waals surface area contributed by atoms with Crippen LogP contribution in [0, 0.1) is 0 Å². The Morgan fingerprint density at radius 3 is 2.00 bits per heavy atom. The van der Waals surface area contributed by atoms with Crippen LogP contribution in [0.2, 0.25) is 0 Å². The maximum atomic E-state index is 12.4. The van der Waals surface area contributed by atoms with Crippen molar-refractivity contribution in [2.24, 2.45) is 0 Å². The Balaban J connectivity index is 1.70. The van der Waals surface area contributed by atoms with Crippen molar-refractivity contribution in [2.75, 3.05) is 6.26 Å². The molecule has 10 heteroatoms. The quantitative estimate of drug-likeness (QED) is 0.614. The molecule has 8 nitrogen and oxygen atoms in total. The summed E-state index contributed by atoms with van der Waals surface area (Å²) in [4.78, 5) is 4.21. The van der Waals surface area contributed by atoms with E-state index in [2.05, 4.69) is 35.6 Å². The molecule has 2 aromatic carbocycles. The van der Waals surface area contributed by atoms with E-state index in [0.29, 0.717) is 5.82 Å². The highest BCUT2D eigenvalue weighted by atomic mass is 32.2. The zero-order valence-corrected chi connectivity index (χ0v) is 18.7. The summed E-state index contributed by atoms with van der Waals surface area (Å²) in [6.07, 6.45) is 1.05. The van der Waals surface area contributed by atoms with E-state index in [4.69, 9.17) is 4.52 Å². The minimum Gasteiger partial charge on any atom is -0.338 e. The normalized spacial score (nSPS) is 12.8. The number of rotatable bonds is 6. The maximum absolute atomic E-state index is 12.4. The summed E-state index contributed by atoms with van der Waals surface area (Å²) in [5, 5.41) is 3.90. The number of aromatic nitrogens is 2. The van der Waals surface area contributed by atoms with E-state index in [9.17, 15) is 16.8 Å². The highest BCUT2D eigenvalue weighted by Crippen LogP contribution is 2.25. The number of nitrogens with one attached hydrogen (secondary N) is 1. The van der Waals surface area contributed by atoms with Crippen molar-refractivity contribution >= 4 is 19.9 Å². The van der Waals surface area contributed by atoms with Crippen molar-refractivity contribution in [3.8, 4) is 11.4 Å². The lowest BCUT2D eigenvalue weighted by molar-refractivity contribution is 0.376. The van der Waals surface area contributed by atoms with Crippen LogP contribution in [0.5, 0.6) is 0 Å². The van der Waals surface area contributed by atoms with Crippen LogP contribution in [-0.4, -0.2) is 33.2 Å². The summed E-state index contributed by atoms with van der Waals surface area (Å²) in [6, 6.07) is 12.7. The van der Waals surface area contributed by atoms with E-state index < -0.39 is 19.9 Å². The van der Waals surface area contributed by atoms with E-state index in [1.54, 1.807) is 0 Å². The van der Waals surface area contributed by atoms with Crippen LogP contribution in [0.15, 0.2) is 62.8 Å². The number of hydrogen-bond acceptors (Lipinski definition) is 7. The van der Waals surface area contributed by atoms with Gasteiger partial charge in [0.2, 0.25) is 21.7 Å². The smallest absolute Gasteiger partial charge is 0.242 e. The van der Waals surface area contributed by atoms with Gasteiger partial charge < -0.3 is 4.52 Å². The minimum atomic E-state index is -3.87. The second kappa shape index (κ2) is 7.93. The fourth-order valence-corrected chi connectivity index (χ4v) is 4.27. The first-order chi connectivity index (χ1) is 13.9. The molecule has 1 heterocycles. The molecule has 0 fully saturated rings. The Kier molecular flexibility index (Phi) is 5.85. The van der Waals surface area contributed by atoms with Crippen LogP contribution in [0.25, 0.3) is 11.4 Å². The summed E-state index contributed by atoms with van der Waals surface area (Å²) in [5.74, 6) is 0.475. The molecule has 1 aromatic heterocycles. The lowest BCUT2D eigenvalue weighted by atomic mass is 9.87. The Labute approximate surface area is 176 Å². The van der Waals surface area contributed by atoms with Gasteiger partial charge in [-0.3, -0.25) is 0 Å². The summed E-state index contributed by atoms with van der Waals surface area (Å²) < 4.78 is 55.4. The molecule has 3 rings (SSSR count). The van der Waals surface area contributed by atoms with E-state index in [1.807, 2.05) is 24.3 Å². The van der Waals surface area contributed by atoms with Gasteiger partial charge in [-0.05, 0) is 35.2 Å². The van der Waals surface area contributed by atoms with Gasteiger partial charge in [0.05, 0.1) is 16.3 Å². The molecule has 0 unspecified atom stereocenters. The molecule has 0 aliphatic heterocycles. The van der Waals surface area contributed by atoms with Crippen LogP contribution < -0.4 is 4.72 Å². The molecule has 0 atom stereocenters. The van der Waals surface area contributed by atoms with Crippen LogP contribution in [0.3, 0.4) is 0 Å². The number of sulfone groups is 1. The SMILES string of the molecule is CC(C)(C)c1ccc(-c2noc(CNS(=O)(=O)c3ccc(S(C)(=O)=O)cc3)n2)cc1. The van der Waals surface area contributed by atoms with Crippen LogP contribution in [0.1, 0.15) is 32.2 Å². The van der Waals surface area contributed by atoms with Gasteiger partial charge in [-0.15, -0.1) is 0 Å². The predicted molar refractivity (Wildman–Crippen MR) is 112 cm³/mol. The highest BCUT2D eigenvalue weighted by molar-refractivity contribution is 7.90. The van der Waals surface area contributed by atoms with Gasteiger partial charge in [-0.1, -0.05) is 50.2 Å². The molecular formula is C20H23N3O5S2. The van der Waals surface area contributed by atoms with Gasteiger partial charge in [-0.25, -0.2) is 21.6 Å². The third-order valence-electron chi connectivity index (χ3n) is 4.45. The molecule has 160 valence electrons. The van der Waals surface area contributed by atoms with Gasteiger partial charge in [0.15, 0.2) is 9.84 Å². The number of sulfonamides is 1. The van der Waals surface area contributed by atoms with Gasteiger partial charge in [0, 0.05) is 11.8 Å². The van der Waals surface area contributed by atoms with Gasteiger partial charge in [0.25, 0.3) is 0 Å². The van der Waals surface area contributed by atoms with Crippen molar-refractivity contribution < 1.29 is 21.4 Å². The van der Waals surface area contributed by atoms with E-state index >= 15 is 0 Å². The number of benzene rings is 2. The molecule has 0 bridgehead atoms. The monoisotopic (exact) mass is 449 g/mol. The fraction of sp³-hybridized carbons (Fsp3) is 0.300. The first kappa shape index (κ1) is 22.1. The van der Waals surface area contributed by atoms with Gasteiger partial charge >= 0.3 is 0 Å². The maximum Gasteiger partial charge on any atom is 0.242 e. The van der Waals surface area contributed by atoms with Gasteiger partial charge in [-0.2, -0.15) is 4.98 Å². The Hall–Kier alpha value is -2.56. The van der Waals surface area contributed by atoms with Crippen molar-refractivity contribution in [3.63, 3.8) is 0 Å².